The fourth-order valence-corrected chi connectivity index (χ4v) is 5.71. The molecule has 0 fully saturated rings. The summed E-state index contributed by atoms with van der Waals surface area (Å²) in [5, 5.41) is 17.3. The van der Waals surface area contributed by atoms with Crippen LogP contribution in [0.1, 0.15) is 22.5 Å². The van der Waals surface area contributed by atoms with Crippen molar-refractivity contribution in [2.24, 2.45) is 0 Å². The van der Waals surface area contributed by atoms with Gasteiger partial charge in [-0.25, -0.2) is 13.1 Å². The van der Waals surface area contributed by atoms with Gasteiger partial charge in [-0.1, -0.05) is 59.1 Å². The van der Waals surface area contributed by atoms with Gasteiger partial charge in [0.05, 0.1) is 26.3 Å². The number of carbonyl (C=O) groups is 1. The van der Waals surface area contributed by atoms with Gasteiger partial charge in [0.25, 0.3) is 10.0 Å². The molecule has 1 heterocycles. The summed E-state index contributed by atoms with van der Waals surface area (Å²) in [6, 6.07) is 18.8. The lowest BCUT2D eigenvalue weighted by molar-refractivity contribution is -0.259. The highest BCUT2D eigenvalue weighted by molar-refractivity contribution is 7.89. The molecule has 0 bridgehead atoms. The van der Waals surface area contributed by atoms with Gasteiger partial charge < -0.3 is 16.1 Å². The molecular weight excluding hydrogens is 547 g/mol. The molecule has 0 saturated carbocycles. The van der Waals surface area contributed by atoms with Gasteiger partial charge in [-0.3, -0.25) is 4.31 Å². The summed E-state index contributed by atoms with van der Waals surface area (Å²) < 4.78 is 27.9. The molecule has 0 radical (unpaired) electrons. The second-order valence-corrected chi connectivity index (χ2v) is 11.3. The third kappa shape index (κ3) is 5.86. The number of aryl methyl sites for hydroxylation is 2. The lowest BCUT2D eigenvalue weighted by Crippen LogP contribution is -2.45. The van der Waals surface area contributed by atoms with Gasteiger partial charge in [-0.05, 0) is 74.7 Å². The van der Waals surface area contributed by atoms with Crippen molar-refractivity contribution < 1.29 is 18.3 Å². The van der Waals surface area contributed by atoms with Crippen LogP contribution in [-0.4, -0.2) is 35.1 Å². The number of sulfonamides is 1. The number of amides is 1. The van der Waals surface area contributed by atoms with E-state index in [1.807, 2.05) is 61.9 Å². The number of rotatable bonds is 7. The Bertz CT molecular complexity index is 1570. The molecule has 0 aliphatic carbocycles. The number of nitrogens with zero attached hydrogens (tertiary/aromatic N) is 3. The van der Waals surface area contributed by atoms with Crippen LogP contribution >= 0.6 is 23.2 Å². The number of carboxylic acid groups (broad SMARTS) is 1. The highest BCUT2D eigenvalue weighted by Gasteiger charge is 2.24. The maximum absolute atomic E-state index is 12.9. The van der Waals surface area contributed by atoms with E-state index in [1.54, 1.807) is 18.2 Å². The molecule has 0 atom stereocenters. The summed E-state index contributed by atoms with van der Waals surface area (Å²) in [5.74, 6) is 0. The third-order valence-electron chi connectivity index (χ3n) is 6.10. The van der Waals surface area contributed by atoms with Gasteiger partial charge >= 0.3 is 0 Å². The number of halogens is 2. The van der Waals surface area contributed by atoms with Crippen LogP contribution in [-0.2, 0) is 16.4 Å². The van der Waals surface area contributed by atoms with E-state index < -0.39 is 16.1 Å². The first kappa shape index (κ1) is 29.2. The van der Waals surface area contributed by atoms with Crippen LogP contribution in [0.2, 0.25) is 10.0 Å². The van der Waals surface area contributed by atoms with E-state index in [1.165, 1.54) is 12.1 Å². The molecule has 4 N–H and O–H groups in total. The average molecular weight is 576 g/mol. The van der Waals surface area contributed by atoms with Gasteiger partial charge in [0.1, 0.15) is 0 Å². The molecule has 11 heteroatoms. The fourth-order valence-electron chi connectivity index (χ4n) is 4.15. The number of aromatic nitrogens is 2. The van der Waals surface area contributed by atoms with Gasteiger partial charge in [0.15, 0.2) is 6.09 Å². The van der Waals surface area contributed by atoms with Gasteiger partial charge in [-0.15, -0.1) is 0 Å². The minimum Gasteiger partial charge on any atom is -0.529 e. The highest BCUT2D eigenvalue weighted by Crippen LogP contribution is 2.33. The normalized spacial score (nSPS) is 11.2. The zero-order chi connectivity index (χ0) is 26.9. The Morgan fingerprint density at radius 2 is 1.58 bits per heavy atom. The molecule has 200 valence electrons. The third-order valence-corrected chi connectivity index (χ3v) is 8.62. The Labute approximate surface area is 232 Å². The number of hydrogen-bond donors (Lipinski definition) is 1. The first-order valence-corrected chi connectivity index (χ1v) is 13.6. The van der Waals surface area contributed by atoms with E-state index in [4.69, 9.17) is 23.2 Å². The zero-order valence-electron chi connectivity index (χ0n) is 21.4. The largest absolute Gasteiger partial charge is 0.529 e. The number of carbonyl (C=O) groups excluding carboxylic acids is 1. The molecule has 1 amide bonds. The predicted molar refractivity (Wildman–Crippen MR) is 149 cm³/mol. The SMILES string of the molecule is Cc1ccc(S(=O)(=O)N(CCc2ccc(-n3nc(C)c(-c4ccc(Cl)c(Cl)c4)c3C)cc2)C(=O)[O-])cc1.[NH4+]. The zero-order valence-corrected chi connectivity index (χ0v) is 23.7. The Morgan fingerprint density at radius 1 is 0.947 bits per heavy atom. The van der Waals surface area contributed by atoms with Crippen LogP contribution in [0.25, 0.3) is 16.8 Å². The number of benzene rings is 3. The standard InChI is InChI=1S/C27H25Cl2N3O4S.H3N/c1-17-4-11-23(12-5-17)37(35,36)31(27(33)34)15-14-20-6-9-22(10-7-20)32-19(3)26(18(2)30-32)21-8-13-24(28)25(29)16-21;/h4-13,16H,14-15H2,1-3H3,(H,33,34);1H3. The van der Waals surface area contributed by atoms with Crippen LogP contribution in [0, 0.1) is 20.8 Å². The summed E-state index contributed by atoms with van der Waals surface area (Å²) in [6.45, 7) is 5.42. The van der Waals surface area contributed by atoms with Crippen molar-refractivity contribution in [1.29, 1.82) is 0 Å². The second-order valence-electron chi connectivity index (χ2n) is 8.66. The van der Waals surface area contributed by atoms with E-state index in [-0.39, 0.29) is 24.0 Å². The molecule has 3 aromatic carbocycles. The van der Waals surface area contributed by atoms with Crippen LogP contribution in [0.3, 0.4) is 0 Å². The molecule has 0 unspecified atom stereocenters. The minimum atomic E-state index is -4.24. The van der Waals surface area contributed by atoms with E-state index in [0.717, 1.165) is 39.3 Å². The summed E-state index contributed by atoms with van der Waals surface area (Å²) in [6.07, 6.45) is -1.58. The Balaban J connectivity index is 0.00000400. The monoisotopic (exact) mass is 574 g/mol. The van der Waals surface area contributed by atoms with E-state index >= 15 is 0 Å². The fraction of sp³-hybridized carbons (Fsp3) is 0.185. The van der Waals surface area contributed by atoms with Crippen LogP contribution in [0.5, 0.6) is 0 Å². The van der Waals surface area contributed by atoms with Crippen LogP contribution in [0.15, 0.2) is 71.6 Å². The van der Waals surface area contributed by atoms with Gasteiger partial charge in [-0.2, -0.15) is 5.10 Å². The van der Waals surface area contributed by atoms with E-state index in [9.17, 15) is 18.3 Å². The Kier molecular flexibility index (Phi) is 8.89. The predicted octanol–water partition coefficient (Wildman–Crippen LogP) is 5.72. The van der Waals surface area contributed by atoms with Crippen molar-refractivity contribution in [1.82, 2.24) is 20.2 Å². The maximum Gasteiger partial charge on any atom is 0.265 e. The van der Waals surface area contributed by atoms with Crippen LogP contribution in [0.4, 0.5) is 4.79 Å². The van der Waals surface area contributed by atoms with Crippen molar-refractivity contribution in [2.45, 2.75) is 32.1 Å². The lowest BCUT2D eigenvalue weighted by Gasteiger charge is -2.24. The lowest BCUT2D eigenvalue weighted by atomic mass is 10.0. The molecule has 0 aliphatic rings. The molecule has 0 saturated heterocycles. The number of quaternary nitrogens is 1. The summed E-state index contributed by atoms with van der Waals surface area (Å²) in [4.78, 5) is 11.6. The molecule has 4 rings (SSSR count). The van der Waals surface area contributed by atoms with Gasteiger partial charge in [0.2, 0.25) is 0 Å². The molecule has 1 aromatic heterocycles. The quantitative estimate of drug-likeness (QED) is 0.301. The van der Waals surface area contributed by atoms with Crippen molar-refractivity contribution in [3.8, 4) is 16.8 Å². The first-order valence-electron chi connectivity index (χ1n) is 11.4. The van der Waals surface area contributed by atoms with Crippen molar-refractivity contribution >= 4 is 39.3 Å². The highest BCUT2D eigenvalue weighted by atomic mass is 35.5. The maximum atomic E-state index is 12.9. The molecule has 8 nitrogen and oxygen atoms in total. The van der Waals surface area contributed by atoms with Gasteiger partial charge in [0, 0.05) is 17.8 Å². The summed E-state index contributed by atoms with van der Waals surface area (Å²) in [5.41, 5.74) is 6.03. The van der Waals surface area contributed by atoms with Crippen LogP contribution < -0.4 is 11.3 Å². The molecule has 0 spiro atoms. The first-order chi connectivity index (χ1) is 17.5. The van der Waals surface area contributed by atoms with E-state index in [2.05, 4.69) is 5.10 Å². The summed E-state index contributed by atoms with van der Waals surface area (Å²) >= 11 is 12.3. The summed E-state index contributed by atoms with van der Waals surface area (Å²) in [7, 11) is -4.24. The van der Waals surface area contributed by atoms with E-state index in [0.29, 0.717) is 14.4 Å². The Hall–Kier alpha value is -3.37. The van der Waals surface area contributed by atoms with Crippen molar-refractivity contribution in [2.75, 3.05) is 6.54 Å². The second kappa shape index (κ2) is 11.6. The molecule has 4 aromatic rings. The average Bonchev–Trinajstić information content (AvgIpc) is 3.15. The molecular formula is C27H28Cl2N4O4S. The smallest absolute Gasteiger partial charge is 0.265 e. The molecule has 38 heavy (non-hydrogen) atoms. The van der Waals surface area contributed by atoms with Crippen molar-refractivity contribution in [3.05, 3.63) is 99.3 Å². The Morgan fingerprint density at radius 3 is 2.16 bits per heavy atom. The van der Waals surface area contributed by atoms with Crippen molar-refractivity contribution in [3.63, 3.8) is 0 Å². The topological polar surface area (TPSA) is 132 Å². The number of hydrogen-bond acceptors (Lipinski definition) is 5. The minimum absolute atomic E-state index is 0. The molecule has 0 aliphatic heterocycles.